The SMILES string of the molecule is Cc1cc([C@@H](C)O)ccc1OCc1ccc(C(C)C)cc1. The molecule has 0 fully saturated rings. The molecule has 2 heteroatoms. The molecule has 0 aliphatic carbocycles. The molecular formula is C19H24O2. The second-order valence-electron chi connectivity index (χ2n) is 5.89. The van der Waals surface area contributed by atoms with Crippen LogP contribution in [-0.2, 0) is 6.61 Å². The van der Waals surface area contributed by atoms with Gasteiger partial charge in [-0.2, -0.15) is 0 Å². The Labute approximate surface area is 127 Å². The summed E-state index contributed by atoms with van der Waals surface area (Å²) in [6, 6.07) is 14.4. The number of ether oxygens (including phenoxy) is 1. The van der Waals surface area contributed by atoms with Crippen molar-refractivity contribution < 1.29 is 9.84 Å². The quantitative estimate of drug-likeness (QED) is 0.858. The average molecular weight is 284 g/mol. The van der Waals surface area contributed by atoms with Gasteiger partial charge in [0.25, 0.3) is 0 Å². The van der Waals surface area contributed by atoms with Crippen molar-refractivity contribution in [2.45, 2.75) is 46.3 Å². The largest absolute Gasteiger partial charge is 0.489 e. The van der Waals surface area contributed by atoms with Gasteiger partial charge >= 0.3 is 0 Å². The van der Waals surface area contributed by atoms with Crippen molar-refractivity contribution in [1.29, 1.82) is 0 Å². The molecular weight excluding hydrogens is 260 g/mol. The number of benzene rings is 2. The number of aliphatic hydroxyl groups is 1. The summed E-state index contributed by atoms with van der Waals surface area (Å²) in [5.41, 5.74) is 4.47. The van der Waals surface area contributed by atoms with Crippen LogP contribution in [0, 0.1) is 6.92 Å². The summed E-state index contributed by atoms with van der Waals surface area (Å²) < 4.78 is 5.88. The fraction of sp³-hybridized carbons (Fsp3) is 0.368. The third kappa shape index (κ3) is 4.08. The molecule has 2 rings (SSSR count). The van der Waals surface area contributed by atoms with Crippen LogP contribution in [0.15, 0.2) is 42.5 Å². The molecule has 0 unspecified atom stereocenters. The third-order valence-corrected chi connectivity index (χ3v) is 3.72. The van der Waals surface area contributed by atoms with Gasteiger partial charge in [-0.3, -0.25) is 0 Å². The molecule has 1 atom stereocenters. The molecule has 0 bridgehead atoms. The molecule has 0 saturated carbocycles. The normalized spacial score (nSPS) is 12.5. The third-order valence-electron chi connectivity index (χ3n) is 3.72. The first-order valence-electron chi connectivity index (χ1n) is 7.47. The molecule has 2 nitrogen and oxygen atoms in total. The molecule has 2 aromatic carbocycles. The zero-order chi connectivity index (χ0) is 15.4. The van der Waals surface area contributed by atoms with Crippen LogP contribution in [0.3, 0.4) is 0 Å². The standard InChI is InChI=1S/C19H24O2/c1-13(2)17-7-5-16(6-8-17)12-21-19-10-9-18(15(4)20)11-14(19)3/h5-11,13,15,20H,12H2,1-4H3/t15-/m1/s1. The Kier molecular flexibility index (Phi) is 5.03. The van der Waals surface area contributed by atoms with Crippen LogP contribution >= 0.6 is 0 Å². The Bertz CT molecular complexity index is 583. The van der Waals surface area contributed by atoms with Gasteiger partial charge in [-0.15, -0.1) is 0 Å². The van der Waals surface area contributed by atoms with E-state index in [2.05, 4.69) is 38.1 Å². The first-order valence-corrected chi connectivity index (χ1v) is 7.47. The van der Waals surface area contributed by atoms with E-state index in [0.717, 1.165) is 16.9 Å². The Morgan fingerprint density at radius 3 is 2.10 bits per heavy atom. The molecule has 0 aliphatic rings. The number of hydrogen-bond donors (Lipinski definition) is 1. The molecule has 2 aromatic rings. The molecule has 112 valence electrons. The smallest absolute Gasteiger partial charge is 0.122 e. The van der Waals surface area contributed by atoms with E-state index in [9.17, 15) is 5.11 Å². The Balaban J connectivity index is 2.02. The predicted molar refractivity (Wildman–Crippen MR) is 86.7 cm³/mol. The van der Waals surface area contributed by atoms with E-state index in [1.54, 1.807) is 6.92 Å². The fourth-order valence-corrected chi connectivity index (χ4v) is 2.25. The molecule has 0 radical (unpaired) electrons. The first-order chi connectivity index (χ1) is 9.97. The lowest BCUT2D eigenvalue weighted by Crippen LogP contribution is -1.99. The molecule has 1 N–H and O–H groups in total. The first kappa shape index (κ1) is 15.6. The van der Waals surface area contributed by atoms with Crippen molar-refractivity contribution in [2.24, 2.45) is 0 Å². The maximum atomic E-state index is 9.58. The van der Waals surface area contributed by atoms with Crippen LogP contribution in [0.4, 0.5) is 0 Å². The van der Waals surface area contributed by atoms with Crippen molar-refractivity contribution in [2.75, 3.05) is 0 Å². The van der Waals surface area contributed by atoms with Crippen LogP contribution in [0.25, 0.3) is 0 Å². The van der Waals surface area contributed by atoms with Gasteiger partial charge in [0.05, 0.1) is 6.10 Å². The monoisotopic (exact) mass is 284 g/mol. The minimum atomic E-state index is -0.443. The van der Waals surface area contributed by atoms with E-state index >= 15 is 0 Å². The second kappa shape index (κ2) is 6.77. The number of rotatable bonds is 5. The van der Waals surface area contributed by atoms with E-state index in [4.69, 9.17) is 4.74 Å². The molecule has 0 heterocycles. The van der Waals surface area contributed by atoms with Gasteiger partial charge in [0.2, 0.25) is 0 Å². The molecule has 21 heavy (non-hydrogen) atoms. The predicted octanol–water partition coefficient (Wildman–Crippen LogP) is 4.75. The van der Waals surface area contributed by atoms with Crippen molar-refractivity contribution in [1.82, 2.24) is 0 Å². The Hall–Kier alpha value is -1.80. The van der Waals surface area contributed by atoms with E-state index in [1.807, 2.05) is 25.1 Å². The van der Waals surface area contributed by atoms with Gasteiger partial charge in [0.1, 0.15) is 12.4 Å². The maximum Gasteiger partial charge on any atom is 0.122 e. The van der Waals surface area contributed by atoms with Crippen molar-refractivity contribution >= 4 is 0 Å². The van der Waals surface area contributed by atoms with E-state index in [1.165, 1.54) is 11.1 Å². The van der Waals surface area contributed by atoms with Crippen LogP contribution in [0.2, 0.25) is 0 Å². The zero-order valence-corrected chi connectivity index (χ0v) is 13.3. The van der Waals surface area contributed by atoms with E-state index in [-0.39, 0.29) is 0 Å². The van der Waals surface area contributed by atoms with Crippen molar-refractivity contribution in [3.8, 4) is 5.75 Å². The minimum absolute atomic E-state index is 0.443. The highest BCUT2D eigenvalue weighted by molar-refractivity contribution is 5.37. The second-order valence-corrected chi connectivity index (χ2v) is 5.89. The molecule has 0 aliphatic heterocycles. The topological polar surface area (TPSA) is 29.5 Å². The van der Waals surface area contributed by atoms with Crippen LogP contribution in [0.5, 0.6) is 5.75 Å². The van der Waals surface area contributed by atoms with Gasteiger partial charge < -0.3 is 9.84 Å². The lowest BCUT2D eigenvalue weighted by Gasteiger charge is -2.12. The number of aliphatic hydroxyl groups excluding tert-OH is 1. The van der Waals surface area contributed by atoms with Gasteiger partial charge in [-0.1, -0.05) is 44.2 Å². The summed E-state index contributed by atoms with van der Waals surface area (Å²) >= 11 is 0. The van der Waals surface area contributed by atoms with Crippen molar-refractivity contribution in [3.63, 3.8) is 0 Å². The Morgan fingerprint density at radius 2 is 1.57 bits per heavy atom. The van der Waals surface area contributed by atoms with Gasteiger partial charge in [0, 0.05) is 0 Å². The summed E-state index contributed by atoms with van der Waals surface area (Å²) in [6.07, 6.45) is -0.443. The molecule has 0 aromatic heterocycles. The van der Waals surface area contributed by atoms with E-state index in [0.29, 0.717) is 12.5 Å². The van der Waals surface area contributed by atoms with Crippen LogP contribution < -0.4 is 4.74 Å². The fourth-order valence-electron chi connectivity index (χ4n) is 2.25. The zero-order valence-electron chi connectivity index (χ0n) is 13.3. The van der Waals surface area contributed by atoms with Gasteiger partial charge in [0.15, 0.2) is 0 Å². The Morgan fingerprint density at radius 1 is 0.952 bits per heavy atom. The molecule has 0 amide bonds. The van der Waals surface area contributed by atoms with Crippen molar-refractivity contribution in [3.05, 3.63) is 64.7 Å². The maximum absolute atomic E-state index is 9.58. The lowest BCUT2D eigenvalue weighted by atomic mass is 10.0. The minimum Gasteiger partial charge on any atom is -0.489 e. The molecule has 0 spiro atoms. The highest BCUT2D eigenvalue weighted by atomic mass is 16.5. The number of aryl methyl sites for hydroxylation is 1. The van der Waals surface area contributed by atoms with Gasteiger partial charge in [-0.25, -0.2) is 0 Å². The number of hydrogen-bond acceptors (Lipinski definition) is 2. The highest BCUT2D eigenvalue weighted by Gasteiger charge is 2.06. The summed E-state index contributed by atoms with van der Waals surface area (Å²) in [4.78, 5) is 0. The van der Waals surface area contributed by atoms with Gasteiger partial charge in [-0.05, 0) is 54.2 Å². The van der Waals surface area contributed by atoms with Crippen LogP contribution in [-0.4, -0.2) is 5.11 Å². The lowest BCUT2D eigenvalue weighted by molar-refractivity contribution is 0.199. The molecule has 0 saturated heterocycles. The summed E-state index contributed by atoms with van der Waals surface area (Å²) in [7, 11) is 0. The summed E-state index contributed by atoms with van der Waals surface area (Å²) in [5.74, 6) is 1.42. The van der Waals surface area contributed by atoms with E-state index < -0.39 is 6.10 Å². The average Bonchev–Trinajstić information content (AvgIpc) is 2.46. The van der Waals surface area contributed by atoms with Crippen LogP contribution in [0.1, 0.15) is 55.0 Å². The highest BCUT2D eigenvalue weighted by Crippen LogP contribution is 2.24. The summed E-state index contributed by atoms with van der Waals surface area (Å²) in [5, 5.41) is 9.58. The summed E-state index contributed by atoms with van der Waals surface area (Å²) in [6.45, 7) is 8.72.